The van der Waals surface area contributed by atoms with Crippen molar-refractivity contribution in [1.29, 1.82) is 0 Å². The zero-order valence-corrected chi connectivity index (χ0v) is 9.65. The highest BCUT2D eigenvalue weighted by Crippen LogP contribution is 2.20. The van der Waals surface area contributed by atoms with Gasteiger partial charge < -0.3 is 5.11 Å². The summed E-state index contributed by atoms with van der Waals surface area (Å²) in [7, 11) is 1.78. The number of hydrogen-bond acceptors (Lipinski definition) is 4. The summed E-state index contributed by atoms with van der Waals surface area (Å²) in [6.45, 7) is 9.12. The highest BCUT2D eigenvalue weighted by molar-refractivity contribution is 6.51. The number of hydrazone groups is 1. The number of hydrogen-bond donors (Lipinski definition) is 1. The van der Waals surface area contributed by atoms with Crippen LogP contribution in [-0.2, 0) is 0 Å². The van der Waals surface area contributed by atoms with Crippen LogP contribution in [0.5, 0.6) is 0 Å². The molecule has 0 amide bonds. The van der Waals surface area contributed by atoms with Gasteiger partial charge in [0.2, 0.25) is 0 Å². The third kappa shape index (κ3) is 2.33. The molecule has 0 spiro atoms. The molecule has 0 aromatic carbocycles. The minimum atomic E-state index is -1.01. The van der Waals surface area contributed by atoms with E-state index in [-0.39, 0.29) is 0 Å². The van der Waals surface area contributed by atoms with E-state index in [1.54, 1.807) is 32.1 Å². The van der Waals surface area contributed by atoms with Crippen molar-refractivity contribution in [1.82, 2.24) is 5.01 Å². The number of aliphatic hydroxyl groups is 1. The topological polar surface area (TPSA) is 48.2 Å². The molecule has 0 saturated heterocycles. The molecule has 0 fully saturated rings. The van der Waals surface area contributed by atoms with E-state index in [1.807, 2.05) is 13.0 Å². The zero-order valence-electron chi connectivity index (χ0n) is 9.65. The Morgan fingerprint density at radius 2 is 2.13 bits per heavy atom. The first-order chi connectivity index (χ1) is 6.88. The maximum Gasteiger partial charge on any atom is 0.120 e. The van der Waals surface area contributed by atoms with Crippen LogP contribution in [0.25, 0.3) is 0 Å². The molecular weight excluding hydrogens is 190 g/mol. The van der Waals surface area contributed by atoms with E-state index >= 15 is 0 Å². The predicted octanol–water partition coefficient (Wildman–Crippen LogP) is 1.55. The summed E-state index contributed by atoms with van der Waals surface area (Å²) in [6, 6.07) is 0. The van der Waals surface area contributed by atoms with Gasteiger partial charge in [-0.15, -0.1) is 0 Å². The lowest BCUT2D eigenvalue weighted by atomic mass is 9.98. The molecule has 0 aromatic rings. The monoisotopic (exact) mass is 207 g/mol. The molecule has 1 N–H and O–H groups in total. The molecule has 0 aliphatic carbocycles. The molecule has 0 saturated carbocycles. The average Bonchev–Trinajstić information content (AvgIpc) is 2.40. The van der Waals surface area contributed by atoms with Gasteiger partial charge >= 0.3 is 0 Å². The normalized spacial score (nSPS) is 20.6. The Hall–Kier alpha value is -1.42. The Kier molecular flexibility index (Phi) is 3.09. The molecule has 1 heterocycles. The third-order valence-electron chi connectivity index (χ3n) is 2.07. The second kappa shape index (κ2) is 3.98. The van der Waals surface area contributed by atoms with Gasteiger partial charge in [-0.3, -0.25) is 10.0 Å². The molecule has 0 radical (unpaired) electrons. The SMILES string of the molecule is C=C1/C(=N\C=C/C)C(C(C)(C)O)=NN1C. The van der Waals surface area contributed by atoms with E-state index in [0.717, 1.165) is 0 Å². The van der Waals surface area contributed by atoms with Gasteiger partial charge in [0.05, 0.1) is 5.70 Å². The predicted molar refractivity (Wildman–Crippen MR) is 62.9 cm³/mol. The largest absolute Gasteiger partial charge is 0.384 e. The highest BCUT2D eigenvalue weighted by Gasteiger charge is 2.33. The Morgan fingerprint density at radius 3 is 2.60 bits per heavy atom. The summed E-state index contributed by atoms with van der Waals surface area (Å²) in [5.74, 6) is 0. The van der Waals surface area contributed by atoms with E-state index < -0.39 is 5.60 Å². The first kappa shape index (κ1) is 11.7. The van der Waals surface area contributed by atoms with E-state index in [2.05, 4.69) is 16.7 Å². The molecule has 4 nitrogen and oxygen atoms in total. The van der Waals surface area contributed by atoms with Crippen molar-refractivity contribution in [3.8, 4) is 0 Å². The van der Waals surface area contributed by atoms with E-state index in [9.17, 15) is 5.11 Å². The van der Waals surface area contributed by atoms with Crippen molar-refractivity contribution in [2.24, 2.45) is 10.1 Å². The highest BCUT2D eigenvalue weighted by atomic mass is 16.3. The summed E-state index contributed by atoms with van der Waals surface area (Å²) in [5, 5.41) is 15.8. The van der Waals surface area contributed by atoms with Crippen LogP contribution >= 0.6 is 0 Å². The van der Waals surface area contributed by atoms with E-state index in [4.69, 9.17) is 0 Å². The summed E-state index contributed by atoms with van der Waals surface area (Å²) in [6.07, 6.45) is 3.49. The van der Waals surface area contributed by atoms with Gasteiger partial charge in [0, 0.05) is 13.2 Å². The van der Waals surface area contributed by atoms with Crippen LogP contribution in [0.2, 0.25) is 0 Å². The van der Waals surface area contributed by atoms with Gasteiger partial charge in [-0.1, -0.05) is 12.7 Å². The molecule has 82 valence electrons. The first-order valence-corrected chi connectivity index (χ1v) is 4.81. The van der Waals surface area contributed by atoms with Gasteiger partial charge in [-0.05, 0) is 20.8 Å². The van der Waals surface area contributed by atoms with Gasteiger partial charge in [0.1, 0.15) is 17.0 Å². The van der Waals surface area contributed by atoms with Crippen LogP contribution in [-0.4, -0.2) is 34.2 Å². The lowest BCUT2D eigenvalue weighted by Gasteiger charge is -2.16. The van der Waals surface area contributed by atoms with Crippen LogP contribution in [0.15, 0.2) is 34.6 Å². The van der Waals surface area contributed by atoms with Crippen molar-refractivity contribution in [3.63, 3.8) is 0 Å². The fraction of sp³-hybridized carbons (Fsp3) is 0.455. The van der Waals surface area contributed by atoms with Crippen LogP contribution < -0.4 is 0 Å². The summed E-state index contributed by atoms with van der Waals surface area (Å²) in [4.78, 5) is 4.23. The van der Waals surface area contributed by atoms with E-state index in [1.165, 1.54) is 0 Å². The van der Waals surface area contributed by atoms with Crippen molar-refractivity contribution < 1.29 is 5.11 Å². The van der Waals surface area contributed by atoms with Crippen LogP contribution in [0, 0.1) is 0 Å². The number of allylic oxidation sites excluding steroid dienone is 2. The average molecular weight is 207 g/mol. The van der Waals surface area contributed by atoms with Gasteiger partial charge in [-0.25, -0.2) is 0 Å². The van der Waals surface area contributed by atoms with Crippen LogP contribution in [0.4, 0.5) is 0 Å². The van der Waals surface area contributed by atoms with Crippen molar-refractivity contribution in [2.75, 3.05) is 7.05 Å². The van der Waals surface area contributed by atoms with Crippen molar-refractivity contribution in [2.45, 2.75) is 26.4 Å². The molecule has 15 heavy (non-hydrogen) atoms. The van der Waals surface area contributed by atoms with E-state index in [0.29, 0.717) is 17.1 Å². The fourth-order valence-electron chi connectivity index (χ4n) is 1.24. The second-order valence-electron chi connectivity index (χ2n) is 3.94. The molecule has 4 heteroatoms. The molecule has 1 aliphatic heterocycles. The quantitative estimate of drug-likeness (QED) is 0.746. The second-order valence-corrected chi connectivity index (χ2v) is 3.94. The molecule has 1 rings (SSSR count). The minimum Gasteiger partial charge on any atom is -0.384 e. The smallest absolute Gasteiger partial charge is 0.120 e. The molecular formula is C11H17N3O. The molecule has 1 aliphatic rings. The maximum atomic E-state index is 9.92. The van der Waals surface area contributed by atoms with Crippen LogP contribution in [0.1, 0.15) is 20.8 Å². The van der Waals surface area contributed by atoms with Crippen LogP contribution in [0.3, 0.4) is 0 Å². The lowest BCUT2D eigenvalue weighted by Crippen LogP contribution is -2.35. The molecule has 0 unspecified atom stereocenters. The Morgan fingerprint density at radius 1 is 1.53 bits per heavy atom. The van der Waals surface area contributed by atoms with Crippen molar-refractivity contribution in [3.05, 3.63) is 24.6 Å². The van der Waals surface area contributed by atoms with Gasteiger partial charge in [-0.2, -0.15) is 5.10 Å². The Bertz CT molecular complexity index is 359. The zero-order chi connectivity index (χ0) is 11.6. The summed E-state index contributed by atoms with van der Waals surface area (Å²) >= 11 is 0. The number of nitrogens with zero attached hydrogens (tertiary/aromatic N) is 3. The Balaban J connectivity index is 3.14. The third-order valence-corrected chi connectivity index (χ3v) is 2.07. The maximum absolute atomic E-state index is 9.92. The summed E-state index contributed by atoms with van der Waals surface area (Å²) < 4.78 is 0. The number of rotatable bonds is 2. The molecule has 0 bridgehead atoms. The van der Waals surface area contributed by atoms with Gasteiger partial charge in [0.25, 0.3) is 0 Å². The lowest BCUT2D eigenvalue weighted by molar-refractivity contribution is 0.155. The molecule has 0 aromatic heterocycles. The Labute approximate surface area is 90.3 Å². The fourth-order valence-corrected chi connectivity index (χ4v) is 1.24. The first-order valence-electron chi connectivity index (χ1n) is 4.81. The molecule has 0 atom stereocenters. The standard InChI is InChI=1S/C11H17N3O/c1-6-7-12-9-8(2)14(5)13-10(9)11(3,4)15/h6-7,15H,2H2,1,3-5H3/b7-6-,12-9+. The summed E-state index contributed by atoms with van der Waals surface area (Å²) in [5.41, 5.74) is 0.884. The van der Waals surface area contributed by atoms with Crippen molar-refractivity contribution >= 4 is 11.4 Å². The number of aliphatic imine (C=N–C) groups is 1. The van der Waals surface area contributed by atoms with Gasteiger partial charge in [0.15, 0.2) is 0 Å². The minimum absolute atomic E-state index is 0.549.